The van der Waals surface area contributed by atoms with Gasteiger partial charge >= 0.3 is 12.1 Å². The van der Waals surface area contributed by atoms with Crippen molar-refractivity contribution in [3.63, 3.8) is 0 Å². The lowest BCUT2D eigenvalue weighted by atomic mass is 9.73. The fourth-order valence-electron chi connectivity index (χ4n) is 6.07. The monoisotopic (exact) mass is 519 g/mol. The van der Waals surface area contributed by atoms with Gasteiger partial charge in [0.1, 0.15) is 5.82 Å². The van der Waals surface area contributed by atoms with Gasteiger partial charge in [0.15, 0.2) is 0 Å². The topological polar surface area (TPSA) is 80.7 Å². The molecule has 0 bridgehead atoms. The number of carbonyl (C=O) groups is 2. The van der Waals surface area contributed by atoms with Gasteiger partial charge in [-0.2, -0.15) is 0 Å². The van der Waals surface area contributed by atoms with Gasteiger partial charge in [-0.1, -0.05) is 31.9 Å². The molecule has 0 radical (unpaired) electrons. The highest BCUT2D eigenvalue weighted by atomic mass is 19.1. The van der Waals surface area contributed by atoms with E-state index < -0.39 is 11.9 Å². The fourth-order valence-corrected chi connectivity index (χ4v) is 6.07. The van der Waals surface area contributed by atoms with Crippen LogP contribution in [0.15, 0.2) is 29.3 Å². The molecule has 8 nitrogen and oxygen atoms in total. The minimum atomic E-state index is -1.19. The summed E-state index contributed by atoms with van der Waals surface area (Å²) in [5.74, 6) is 0.263. The number of nitrogens with zero attached hydrogens (tertiary/aromatic N) is 3. The van der Waals surface area contributed by atoms with Crippen LogP contribution in [0, 0.1) is 17.7 Å². The molecule has 0 saturated heterocycles. The van der Waals surface area contributed by atoms with Crippen LogP contribution in [0.5, 0.6) is 0 Å². The number of halogens is 1. The Morgan fingerprint density at radius 1 is 1.19 bits per heavy atom. The summed E-state index contributed by atoms with van der Waals surface area (Å²) in [5.41, 5.74) is -0.179. The number of carbonyl (C=O) groups excluding carboxylic acids is 2. The summed E-state index contributed by atoms with van der Waals surface area (Å²) >= 11 is 0. The van der Waals surface area contributed by atoms with Crippen molar-refractivity contribution in [1.82, 2.24) is 9.80 Å². The highest BCUT2D eigenvalue weighted by Crippen LogP contribution is 2.44. The van der Waals surface area contributed by atoms with Crippen molar-refractivity contribution in [3.05, 3.63) is 35.6 Å². The van der Waals surface area contributed by atoms with Gasteiger partial charge in [-0.25, -0.2) is 14.2 Å². The molecule has 1 heterocycles. The third-order valence-electron chi connectivity index (χ3n) is 7.81. The van der Waals surface area contributed by atoms with Gasteiger partial charge in [-0.3, -0.25) is 4.79 Å². The fraction of sp³-hybridized carbons (Fsp3) is 0.679. The molecule has 1 aliphatic heterocycles. The summed E-state index contributed by atoms with van der Waals surface area (Å²) in [6.45, 7) is 2.87. The number of methoxy groups -OCH3 is 2. The van der Waals surface area contributed by atoms with Crippen LogP contribution in [-0.4, -0.2) is 74.9 Å². The summed E-state index contributed by atoms with van der Waals surface area (Å²) in [7, 11) is 6.73. The van der Waals surface area contributed by atoms with Crippen molar-refractivity contribution < 1.29 is 28.2 Å². The van der Waals surface area contributed by atoms with Crippen LogP contribution in [-0.2, 0) is 19.0 Å². The lowest BCUT2D eigenvalue weighted by molar-refractivity contribution is -0.143. The Kier molecular flexibility index (Phi) is 10.3. The highest BCUT2D eigenvalue weighted by Gasteiger charge is 2.50. The predicted molar refractivity (Wildman–Crippen MR) is 140 cm³/mol. The van der Waals surface area contributed by atoms with Gasteiger partial charge in [-0.05, 0) is 69.3 Å². The number of esters is 1. The lowest BCUT2D eigenvalue weighted by Crippen LogP contribution is -2.50. The van der Waals surface area contributed by atoms with E-state index in [1.54, 1.807) is 18.5 Å². The molecule has 2 aliphatic rings. The maximum absolute atomic E-state index is 14.0. The number of aliphatic imine (C=N–C) groups is 1. The molecular weight excluding hydrogens is 477 g/mol. The molecule has 37 heavy (non-hydrogen) atoms. The van der Waals surface area contributed by atoms with Crippen molar-refractivity contribution in [2.24, 2.45) is 16.8 Å². The minimum Gasteiger partial charge on any atom is -0.469 e. The maximum Gasteiger partial charge on any atom is 0.510 e. The van der Waals surface area contributed by atoms with Gasteiger partial charge in [0.25, 0.3) is 0 Å². The Morgan fingerprint density at radius 3 is 2.51 bits per heavy atom. The summed E-state index contributed by atoms with van der Waals surface area (Å²) in [4.78, 5) is 33.2. The SMILES string of the molecule is CCCN1C=NC(CCC(=O)OC)(OC(=O)OC)C1CC1CCC(C(c2cccc(F)c2)N(C)C)CC1. The molecule has 1 fully saturated rings. The smallest absolute Gasteiger partial charge is 0.469 e. The van der Waals surface area contributed by atoms with Gasteiger partial charge in [-0.15, -0.1) is 0 Å². The molecule has 3 rings (SSSR count). The van der Waals surface area contributed by atoms with Gasteiger partial charge in [0.2, 0.25) is 5.72 Å². The van der Waals surface area contributed by atoms with E-state index in [1.165, 1.54) is 20.3 Å². The van der Waals surface area contributed by atoms with Crippen LogP contribution in [0.2, 0.25) is 0 Å². The normalized spacial score (nSPS) is 26.2. The number of rotatable bonds is 11. The molecule has 1 saturated carbocycles. The van der Waals surface area contributed by atoms with Crippen LogP contribution in [0.4, 0.5) is 9.18 Å². The van der Waals surface area contributed by atoms with Crippen molar-refractivity contribution >= 4 is 18.5 Å². The second kappa shape index (κ2) is 13.2. The van der Waals surface area contributed by atoms with E-state index in [9.17, 15) is 14.0 Å². The van der Waals surface area contributed by atoms with Crippen LogP contribution >= 0.6 is 0 Å². The standard InChI is InChI=1S/C28H42FN3O5/c1-6-16-32-19-30-28(37-27(34)36-5,15-14-25(33)35-4)24(32)17-20-10-12-21(13-11-20)26(31(2)3)22-8-7-9-23(29)18-22/h7-9,18-21,24,26H,6,10-17H2,1-5H3. The molecule has 0 N–H and O–H groups in total. The van der Waals surface area contributed by atoms with Gasteiger partial charge < -0.3 is 24.0 Å². The Balaban J connectivity index is 1.74. The Morgan fingerprint density at radius 2 is 1.92 bits per heavy atom. The third kappa shape index (κ3) is 7.21. The van der Waals surface area contributed by atoms with Crippen LogP contribution in [0.1, 0.15) is 69.9 Å². The van der Waals surface area contributed by atoms with E-state index in [2.05, 4.69) is 35.8 Å². The summed E-state index contributed by atoms with van der Waals surface area (Å²) in [6.07, 6.45) is 7.06. The Labute approximate surface area is 220 Å². The first kappa shape index (κ1) is 28.9. The number of benzene rings is 1. The summed E-state index contributed by atoms with van der Waals surface area (Å²) < 4.78 is 29.4. The highest BCUT2D eigenvalue weighted by molar-refractivity contribution is 5.70. The first-order valence-electron chi connectivity index (χ1n) is 13.3. The van der Waals surface area contributed by atoms with Crippen molar-refractivity contribution in [1.29, 1.82) is 0 Å². The zero-order chi connectivity index (χ0) is 27.0. The first-order valence-corrected chi connectivity index (χ1v) is 13.3. The van der Waals surface area contributed by atoms with Crippen LogP contribution in [0.25, 0.3) is 0 Å². The van der Waals surface area contributed by atoms with Gasteiger partial charge in [0, 0.05) is 19.0 Å². The van der Waals surface area contributed by atoms with Crippen LogP contribution in [0.3, 0.4) is 0 Å². The average Bonchev–Trinajstić information content (AvgIpc) is 3.20. The number of hydrogen-bond donors (Lipinski definition) is 0. The molecule has 3 atom stereocenters. The molecule has 0 spiro atoms. The second-order valence-corrected chi connectivity index (χ2v) is 10.5. The van der Waals surface area contributed by atoms with E-state index in [4.69, 9.17) is 14.2 Å². The number of ether oxygens (including phenoxy) is 3. The lowest BCUT2D eigenvalue weighted by Gasteiger charge is -2.41. The van der Waals surface area contributed by atoms with Crippen molar-refractivity contribution in [3.8, 4) is 0 Å². The zero-order valence-electron chi connectivity index (χ0n) is 22.8. The molecule has 0 aromatic heterocycles. The summed E-state index contributed by atoms with van der Waals surface area (Å²) in [5, 5.41) is 0. The van der Waals surface area contributed by atoms with Crippen LogP contribution < -0.4 is 0 Å². The molecule has 0 amide bonds. The third-order valence-corrected chi connectivity index (χ3v) is 7.81. The Hall–Kier alpha value is -2.68. The average molecular weight is 520 g/mol. The first-order chi connectivity index (χ1) is 17.7. The van der Waals surface area contributed by atoms with E-state index >= 15 is 0 Å². The largest absolute Gasteiger partial charge is 0.510 e. The van der Waals surface area contributed by atoms with Crippen molar-refractivity contribution in [2.75, 3.05) is 34.9 Å². The quantitative estimate of drug-likeness (QED) is 0.373. The molecule has 1 aliphatic carbocycles. The molecular formula is C28H42FN3O5. The molecule has 9 heteroatoms. The molecule has 3 unspecified atom stereocenters. The molecule has 206 valence electrons. The predicted octanol–water partition coefficient (Wildman–Crippen LogP) is 5.18. The zero-order valence-corrected chi connectivity index (χ0v) is 22.8. The molecule has 1 aromatic carbocycles. The van der Waals surface area contributed by atoms with E-state index in [0.717, 1.165) is 50.6 Å². The summed E-state index contributed by atoms with van der Waals surface area (Å²) in [6, 6.07) is 6.90. The second-order valence-electron chi connectivity index (χ2n) is 10.5. The van der Waals surface area contributed by atoms with E-state index in [0.29, 0.717) is 11.8 Å². The van der Waals surface area contributed by atoms with Crippen molar-refractivity contribution in [2.45, 2.75) is 76.1 Å². The maximum atomic E-state index is 14.0. The van der Waals surface area contributed by atoms with E-state index in [1.807, 2.05) is 6.07 Å². The minimum absolute atomic E-state index is 0.0895. The van der Waals surface area contributed by atoms with Gasteiger partial charge in [0.05, 0.1) is 33.0 Å². The molecule has 1 aromatic rings. The van der Waals surface area contributed by atoms with E-state index in [-0.39, 0.29) is 36.7 Å². The Bertz CT molecular complexity index is 934. The number of hydrogen-bond acceptors (Lipinski definition) is 8.